The average molecular weight is 398 g/mol. The lowest BCUT2D eigenvalue weighted by atomic mass is 10.0. The number of halogens is 1. The van der Waals surface area contributed by atoms with Gasteiger partial charge >= 0.3 is 0 Å². The van der Waals surface area contributed by atoms with E-state index in [1.165, 1.54) is 11.6 Å². The van der Waals surface area contributed by atoms with Crippen molar-refractivity contribution in [2.45, 2.75) is 39.3 Å². The maximum atomic E-state index is 13.3. The predicted molar refractivity (Wildman–Crippen MR) is 115 cm³/mol. The zero-order valence-electron chi connectivity index (χ0n) is 17.5. The van der Waals surface area contributed by atoms with E-state index in [-0.39, 0.29) is 17.8 Å². The van der Waals surface area contributed by atoms with Crippen LogP contribution in [0.25, 0.3) is 0 Å². The third kappa shape index (κ3) is 6.65. The van der Waals surface area contributed by atoms with Crippen LogP contribution in [0.15, 0.2) is 48.5 Å². The van der Waals surface area contributed by atoms with E-state index >= 15 is 0 Å². The van der Waals surface area contributed by atoms with E-state index in [1.807, 2.05) is 13.0 Å². The first-order valence-corrected chi connectivity index (χ1v) is 10.6. The molecule has 4 nitrogen and oxygen atoms in total. The molecule has 156 valence electrons. The molecule has 0 saturated carbocycles. The van der Waals surface area contributed by atoms with Crippen LogP contribution in [0, 0.1) is 5.82 Å². The minimum Gasteiger partial charge on any atom is -0.348 e. The largest absolute Gasteiger partial charge is 0.348 e. The first-order chi connectivity index (χ1) is 14.0. The number of piperazine rings is 1. The molecule has 1 aliphatic heterocycles. The summed E-state index contributed by atoms with van der Waals surface area (Å²) in [6.45, 7) is 8.86. The second kappa shape index (κ2) is 10.5. The summed E-state index contributed by atoms with van der Waals surface area (Å²) in [7, 11) is 0. The minimum atomic E-state index is -0.188. The number of aryl methyl sites for hydroxylation is 1. The summed E-state index contributed by atoms with van der Waals surface area (Å²) in [5.41, 5.74) is 3.47. The molecule has 0 spiro atoms. The zero-order chi connectivity index (χ0) is 20.6. The number of carbonyl (C=O) groups excluding carboxylic acids is 1. The second-order valence-electron chi connectivity index (χ2n) is 7.96. The van der Waals surface area contributed by atoms with Gasteiger partial charge in [0, 0.05) is 32.7 Å². The molecule has 1 atom stereocenters. The van der Waals surface area contributed by atoms with Gasteiger partial charge in [-0.3, -0.25) is 14.6 Å². The van der Waals surface area contributed by atoms with E-state index in [2.05, 4.69) is 46.3 Å². The molecule has 0 bridgehead atoms. The summed E-state index contributed by atoms with van der Waals surface area (Å²) in [6.07, 6.45) is 2.23. The van der Waals surface area contributed by atoms with Gasteiger partial charge in [0.15, 0.2) is 0 Å². The van der Waals surface area contributed by atoms with Gasteiger partial charge in [-0.15, -0.1) is 0 Å². The number of hydrogen-bond donors (Lipinski definition) is 1. The maximum absolute atomic E-state index is 13.3. The van der Waals surface area contributed by atoms with Crippen molar-refractivity contribution in [3.63, 3.8) is 0 Å². The van der Waals surface area contributed by atoms with Gasteiger partial charge in [0.05, 0.1) is 12.6 Å². The summed E-state index contributed by atoms with van der Waals surface area (Å²) in [5.74, 6) is -0.124. The van der Waals surface area contributed by atoms with Crippen molar-refractivity contribution in [2.24, 2.45) is 0 Å². The van der Waals surface area contributed by atoms with E-state index in [0.29, 0.717) is 6.54 Å². The van der Waals surface area contributed by atoms with Crippen LogP contribution >= 0.6 is 0 Å². The highest BCUT2D eigenvalue weighted by atomic mass is 19.1. The molecule has 2 aromatic carbocycles. The van der Waals surface area contributed by atoms with Crippen LogP contribution in [-0.4, -0.2) is 48.4 Å². The van der Waals surface area contributed by atoms with Crippen LogP contribution in [0.4, 0.5) is 4.39 Å². The van der Waals surface area contributed by atoms with Crippen molar-refractivity contribution in [2.75, 3.05) is 32.7 Å². The van der Waals surface area contributed by atoms with Gasteiger partial charge in [-0.05, 0) is 42.2 Å². The van der Waals surface area contributed by atoms with E-state index in [4.69, 9.17) is 0 Å². The average Bonchev–Trinajstić information content (AvgIpc) is 2.70. The molecule has 1 aliphatic rings. The van der Waals surface area contributed by atoms with E-state index in [9.17, 15) is 9.18 Å². The topological polar surface area (TPSA) is 35.6 Å². The molecule has 1 heterocycles. The summed E-state index contributed by atoms with van der Waals surface area (Å²) in [4.78, 5) is 17.0. The van der Waals surface area contributed by atoms with Crippen molar-refractivity contribution < 1.29 is 9.18 Å². The highest BCUT2D eigenvalue weighted by Crippen LogP contribution is 2.15. The summed E-state index contributed by atoms with van der Waals surface area (Å²) in [6, 6.07) is 15.3. The van der Waals surface area contributed by atoms with Gasteiger partial charge in [0.2, 0.25) is 5.91 Å². The normalized spacial score (nSPS) is 16.5. The minimum absolute atomic E-state index is 0.00689. The summed E-state index contributed by atoms with van der Waals surface area (Å²) >= 11 is 0. The van der Waals surface area contributed by atoms with Crippen LogP contribution in [0.5, 0.6) is 0 Å². The van der Waals surface area contributed by atoms with E-state index < -0.39 is 0 Å². The molecule has 0 aliphatic carbocycles. The van der Waals surface area contributed by atoms with Gasteiger partial charge in [-0.25, -0.2) is 4.39 Å². The number of rotatable bonds is 8. The number of hydrogen-bond acceptors (Lipinski definition) is 3. The Morgan fingerprint density at radius 3 is 2.38 bits per heavy atom. The monoisotopic (exact) mass is 397 g/mol. The van der Waals surface area contributed by atoms with Crippen molar-refractivity contribution >= 4 is 5.91 Å². The molecule has 0 aromatic heterocycles. The third-order valence-electron chi connectivity index (χ3n) is 5.52. The first-order valence-electron chi connectivity index (χ1n) is 10.6. The molecule has 1 fully saturated rings. The summed E-state index contributed by atoms with van der Waals surface area (Å²) in [5, 5.41) is 3.12. The molecule has 29 heavy (non-hydrogen) atoms. The van der Waals surface area contributed by atoms with Crippen LogP contribution < -0.4 is 5.32 Å². The predicted octanol–water partition coefficient (Wildman–Crippen LogP) is 3.77. The van der Waals surface area contributed by atoms with Crippen LogP contribution in [0.2, 0.25) is 0 Å². The molecule has 3 rings (SSSR count). The number of benzene rings is 2. The Morgan fingerprint density at radius 1 is 1.03 bits per heavy atom. The highest BCUT2D eigenvalue weighted by molar-refractivity contribution is 5.78. The van der Waals surface area contributed by atoms with Crippen molar-refractivity contribution in [1.82, 2.24) is 15.1 Å². The fraction of sp³-hybridized carbons (Fsp3) is 0.458. The molecule has 2 aromatic rings. The summed E-state index contributed by atoms with van der Waals surface area (Å²) < 4.78 is 13.3. The quantitative estimate of drug-likeness (QED) is 0.736. The Balaban J connectivity index is 1.41. The van der Waals surface area contributed by atoms with E-state index in [1.54, 1.807) is 12.1 Å². The molecule has 0 radical (unpaired) electrons. The van der Waals surface area contributed by atoms with Crippen molar-refractivity contribution in [1.29, 1.82) is 0 Å². The van der Waals surface area contributed by atoms with Crippen molar-refractivity contribution in [3.8, 4) is 0 Å². The Hall–Kier alpha value is -2.24. The number of carbonyl (C=O) groups is 1. The Kier molecular flexibility index (Phi) is 7.78. The van der Waals surface area contributed by atoms with Crippen LogP contribution in [0.3, 0.4) is 0 Å². The molecule has 1 unspecified atom stereocenters. The lowest BCUT2D eigenvalue weighted by Crippen LogP contribution is -2.49. The third-order valence-corrected chi connectivity index (χ3v) is 5.52. The fourth-order valence-electron chi connectivity index (χ4n) is 3.83. The zero-order valence-corrected chi connectivity index (χ0v) is 17.5. The van der Waals surface area contributed by atoms with Crippen molar-refractivity contribution in [3.05, 3.63) is 71.0 Å². The lowest BCUT2D eigenvalue weighted by molar-refractivity contribution is -0.123. The number of nitrogens with one attached hydrogen (secondary N) is 1. The van der Waals surface area contributed by atoms with E-state index in [0.717, 1.165) is 56.7 Å². The Bertz CT molecular complexity index is 785. The smallest absolute Gasteiger partial charge is 0.234 e. The molecular formula is C24H32FN3O. The van der Waals surface area contributed by atoms with Gasteiger partial charge in [0.1, 0.15) is 5.82 Å². The van der Waals surface area contributed by atoms with Gasteiger partial charge < -0.3 is 5.32 Å². The Labute approximate surface area is 173 Å². The maximum Gasteiger partial charge on any atom is 0.234 e. The Morgan fingerprint density at radius 2 is 1.72 bits per heavy atom. The standard InChI is InChI=1S/C24H32FN3O/c1-3-5-20-8-10-22(11-9-20)19(2)26-24(29)18-28-14-12-27(13-15-28)17-21-6-4-7-23(25)16-21/h4,6-11,16,19H,3,5,12-15,17-18H2,1-2H3,(H,26,29). The molecule has 1 N–H and O–H groups in total. The highest BCUT2D eigenvalue weighted by Gasteiger charge is 2.20. The number of nitrogens with zero attached hydrogens (tertiary/aromatic N) is 2. The second-order valence-corrected chi connectivity index (χ2v) is 7.96. The molecule has 5 heteroatoms. The fourth-order valence-corrected chi connectivity index (χ4v) is 3.83. The van der Waals surface area contributed by atoms with Gasteiger partial charge in [-0.1, -0.05) is 49.7 Å². The molecular weight excluding hydrogens is 365 g/mol. The molecule has 1 saturated heterocycles. The SMILES string of the molecule is CCCc1ccc(C(C)NC(=O)CN2CCN(Cc3cccc(F)c3)CC2)cc1. The van der Waals surface area contributed by atoms with Gasteiger partial charge in [0.25, 0.3) is 0 Å². The number of amides is 1. The lowest BCUT2D eigenvalue weighted by Gasteiger charge is -2.34. The van der Waals surface area contributed by atoms with Gasteiger partial charge in [-0.2, -0.15) is 0 Å². The molecule has 1 amide bonds. The van der Waals surface area contributed by atoms with Crippen LogP contribution in [0.1, 0.15) is 43.0 Å². The van der Waals surface area contributed by atoms with Crippen LogP contribution in [-0.2, 0) is 17.8 Å². The first kappa shape index (κ1) is 21.5.